The molecule has 0 radical (unpaired) electrons. The average Bonchev–Trinajstić information content (AvgIpc) is 2.76. The lowest BCUT2D eigenvalue weighted by Gasteiger charge is -2.19. The van der Waals surface area contributed by atoms with Crippen molar-refractivity contribution >= 4 is 44.4 Å². The molecule has 2 atom stereocenters. The first-order valence-corrected chi connectivity index (χ1v) is 8.03. The molecule has 0 spiro atoms. The number of hydrogen-bond donors (Lipinski definition) is 1. The Labute approximate surface area is 124 Å². The van der Waals surface area contributed by atoms with Crippen LogP contribution in [0, 0.1) is 9.49 Å². The van der Waals surface area contributed by atoms with Gasteiger partial charge in [-0.05, 0) is 59.5 Å². The van der Waals surface area contributed by atoms with Crippen molar-refractivity contribution in [1.29, 1.82) is 0 Å². The average molecular weight is 408 g/mol. The number of carbonyl (C=O) groups is 1. The van der Waals surface area contributed by atoms with E-state index in [1.165, 1.54) is 12.8 Å². The number of nitrogens with one attached hydrogen (secondary N) is 1. The van der Waals surface area contributed by atoms with E-state index in [1.807, 2.05) is 24.3 Å². The molecule has 1 aliphatic carbocycles. The van der Waals surface area contributed by atoms with Crippen molar-refractivity contribution in [3.8, 4) is 0 Å². The molecule has 2 rings (SSSR count). The number of rotatable bonds is 3. The summed E-state index contributed by atoms with van der Waals surface area (Å²) >= 11 is 5.75. The van der Waals surface area contributed by atoms with E-state index in [9.17, 15) is 4.79 Å². The Balaban J connectivity index is 2.01. The van der Waals surface area contributed by atoms with Gasteiger partial charge in [0.1, 0.15) is 0 Å². The number of carbonyl (C=O) groups excluding carboxylic acids is 1. The van der Waals surface area contributed by atoms with Crippen LogP contribution in [0.2, 0.25) is 0 Å². The molecule has 0 aromatic heterocycles. The van der Waals surface area contributed by atoms with Crippen LogP contribution in [0.15, 0.2) is 24.3 Å². The van der Waals surface area contributed by atoms with Crippen LogP contribution < -0.4 is 5.32 Å². The topological polar surface area (TPSA) is 29.1 Å². The minimum absolute atomic E-state index is 0.0568. The molecule has 2 nitrogen and oxygen atoms in total. The summed E-state index contributed by atoms with van der Waals surface area (Å²) in [6, 6.07) is 8.05. The molecule has 1 aromatic rings. The number of alkyl halides is 1. The molecule has 0 aliphatic heterocycles. The van der Waals surface area contributed by atoms with Crippen LogP contribution >= 0.6 is 38.5 Å². The first-order valence-electron chi connectivity index (χ1n) is 5.83. The van der Waals surface area contributed by atoms with E-state index in [4.69, 9.17) is 0 Å². The molecule has 1 saturated carbocycles. The van der Waals surface area contributed by atoms with Gasteiger partial charge in [0.2, 0.25) is 0 Å². The van der Waals surface area contributed by atoms with Gasteiger partial charge < -0.3 is 5.32 Å². The Kier molecular flexibility index (Phi) is 4.85. The normalized spacial score (nSPS) is 23.6. The minimum atomic E-state index is 0.0568. The molecule has 0 saturated heterocycles. The highest BCUT2D eigenvalue weighted by Gasteiger charge is 2.27. The van der Waals surface area contributed by atoms with Crippen molar-refractivity contribution in [2.45, 2.75) is 25.3 Å². The zero-order valence-corrected chi connectivity index (χ0v) is 13.2. The van der Waals surface area contributed by atoms with E-state index in [0.717, 1.165) is 20.9 Å². The molecule has 92 valence electrons. The van der Waals surface area contributed by atoms with E-state index in [1.54, 1.807) is 0 Å². The Morgan fingerprint density at radius 2 is 2.29 bits per heavy atom. The number of hydrogen-bond acceptors (Lipinski definition) is 1. The fourth-order valence-corrected chi connectivity index (χ4v) is 3.61. The lowest BCUT2D eigenvalue weighted by molar-refractivity contribution is 0.0930. The zero-order valence-electron chi connectivity index (χ0n) is 9.46. The molecular weight excluding hydrogens is 393 g/mol. The fourth-order valence-electron chi connectivity index (χ4n) is 2.29. The predicted molar refractivity (Wildman–Crippen MR) is 81.5 cm³/mol. The van der Waals surface area contributed by atoms with Crippen LogP contribution in [0.4, 0.5) is 0 Å². The van der Waals surface area contributed by atoms with E-state index in [0.29, 0.717) is 12.0 Å². The van der Waals surface area contributed by atoms with Crippen molar-refractivity contribution in [3.63, 3.8) is 0 Å². The lowest BCUT2D eigenvalue weighted by Crippen LogP contribution is -2.37. The van der Waals surface area contributed by atoms with Gasteiger partial charge in [0.05, 0.1) is 0 Å². The monoisotopic (exact) mass is 407 g/mol. The second kappa shape index (κ2) is 6.18. The first-order chi connectivity index (χ1) is 8.20. The minimum Gasteiger partial charge on any atom is -0.349 e. The molecule has 1 N–H and O–H groups in total. The number of amides is 1. The van der Waals surface area contributed by atoms with Crippen molar-refractivity contribution in [2.75, 3.05) is 5.33 Å². The molecule has 1 aromatic carbocycles. The number of halogens is 2. The summed E-state index contributed by atoms with van der Waals surface area (Å²) in [5, 5.41) is 4.13. The van der Waals surface area contributed by atoms with Gasteiger partial charge in [0, 0.05) is 20.5 Å². The Hall–Kier alpha value is -0.100. The highest BCUT2D eigenvalue weighted by Crippen LogP contribution is 2.27. The summed E-state index contributed by atoms with van der Waals surface area (Å²) < 4.78 is 1.10. The molecule has 2 unspecified atom stereocenters. The van der Waals surface area contributed by atoms with Crippen LogP contribution in [0.25, 0.3) is 0 Å². The van der Waals surface area contributed by atoms with E-state index >= 15 is 0 Å². The highest BCUT2D eigenvalue weighted by atomic mass is 127. The molecule has 1 fully saturated rings. The van der Waals surface area contributed by atoms with Gasteiger partial charge in [0.15, 0.2) is 0 Å². The maximum Gasteiger partial charge on any atom is 0.251 e. The fraction of sp³-hybridized carbons (Fsp3) is 0.462. The molecule has 1 aliphatic rings. The van der Waals surface area contributed by atoms with Crippen LogP contribution in [0.1, 0.15) is 29.6 Å². The number of benzene rings is 1. The third kappa shape index (κ3) is 3.44. The third-order valence-corrected chi connectivity index (χ3v) is 4.76. The smallest absolute Gasteiger partial charge is 0.251 e. The second-order valence-electron chi connectivity index (χ2n) is 4.44. The molecule has 0 heterocycles. The van der Waals surface area contributed by atoms with Gasteiger partial charge in [-0.2, -0.15) is 0 Å². The van der Waals surface area contributed by atoms with Gasteiger partial charge in [0.25, 0.3) is 5.91 Å². The van der Waals surface area contributed by atoms with E-state index in [2.05, 4.69) is 43.8 Å². The first kappa shape index (κ1) is 13.3. The lowest BCUT2D eigenvalue weighted by atomic mass is 10.1. The molecule has 1 amide bonds. The largest absolute Gasteiger partial charge is 0.349 e. The van der Waals surface area contributed by atoms with Gasteiger partial charge in [-0.3, -0.25) is 4.79 Å². The summed E-state index contributed by atoms with van der Waals surface area (Å²) in [4.78, 5) is 12.1. The zero-order chi connectivity index (χ0) is 12.3. The van der Waals surface area contributed by atoms with Crippen molar-refractivity contribution in [1.82, 2.24) is 5.32 Å². The summed E-state index contributed by atoms with van der Waals surface area (Å²) in [7, 11) is 0. The van der Waals surface area contributed by atoms with Gasteiger partial charge in [-0.25, -0.2) is 0 Å². The van der Waals surface area contributed by atoms with Crippen LogP contribution in [-0.4, -0.2) is 17.3 Å². The van der Waals surface area contributed by atoms with Crippen LogP contribution in [0.5, 0.6) is 0 Å². The van der Waals surface area contributed by atoms with Gasteiger partial charge in [-0.15, -0.1) is 0 Å². The van der Waals surface area contributed by atoms with Crippen molar-refractivity contribution in [3.05, 3.63) is 33.4 Å². The van der Waals surface area contributed by atoms with Gasteiger partial charge >= 0.3 is 0 Å². The Bertz CT molecular complexity index is 410. The van der Waals surface area contributed by atoms with Crippen LogP contribution in [-0.2, 0) is 0 Å². The second-order valence-corrected chi connectivity index (χ2v) is 6.33. The maximum atomic E-state index is 12.1. The third-order valence-electron chi connectivity index (χ3n) is 3.26. The van der Waals surface area contributed by atoms with Crippen molar-refractivity contribution < 1.29 is 4.79 Å². The highest BCUT2D eigenvalue weighted by molar-refractivity contribution is 14.1. The van der Waals surface area contributed by atoms with Crippen molar-refractivity contribution in [2.24, 2.45) is 5.92 Å². The molecule has 17 heavy (non-hydrogen) atoms. The van der Waals surface area contributed by atoms with E-state index in [-0.39, 0.29) is 5.91 Å². The summed E-state index contributed by atoms with van der Waals surface area (Å²) in [6.07, 6.45) is 3.53. The predicted octanol–water partition coefficient (Wildman–Crippen LogP) is 3.58. The molecular formula is C13H15BrINO. The summed E-state index contributed by atoms with van der Waals surface area (Å²) in [5.74, 6) is 0.642. The van der Waals surface area contributed by atoms with Crippen LogP contribution in [0.3, 0.4) is 0 Å². The SMILES string of the molecule is O=C(NC1CCCC1CBr)c1cccc(I)c1. The van der Waals surface area contributed by atoms with Gasteiger partial charge in [-0.1, -0.05) is 28.4 Å². The van der Waals surface area contributed by atoms with E-state index < -0.39 is 0 Å². The quantitative estimate of drug-likeness (QED) is 0.602. The Morgan fingerprint density at radius 1 is 1.47 bits per heavy atom. The standard InChI is InChI=1S/C13H15BrINO/c14-8-10-4-2-6-12(10)16-13(17)9-3-1-5-11(15)7-9/h1,3,5,7,10,12H,2,4,6,8H2,(H,16,17). The summed E-state index contributed by atoms with van der Waals surface area (Å²) in [5.41, 5.74) is 0.761. The molecule has 4 heteroatoms. The maximum absolute atomic E-state index is 12.1. The summed E-state index contributed by atoms with van der Waals surface area (Å²) in [6.45, 7) is 0. The molecule has 0 bridgehead atoms. The Morgan fingerprint density at radius 3 is 3.00 bits per heavy atom.